The average molecular weight is 555 g/mol. The van der Waals surface area contributed by atoms with E-state index in [9.17, 15) is 13.2 Å². The summed E-state index contributed by atoms with van der Waals surface area (Å²) in [4.78, 5) is 13.3. The number of anilines is 2. The number of amides is 1. The third-order valence-corrected chi connectivity index (χ3v) is 7.96. The lowest BCUT2D eigenvalue weighted by Gasteiger charge is -2.25. The number of aryl methyl sites for hydroxylation is 2. The summed E-state index contributed by atoms with van der Waals surface area (Å²) in [5.74, 6) is 0.334. The van der Waals surface area contributed by atoms with Crippen LogP contribution in [0.15, 0.2) is 95.9 Å². The highest BCUT2D eigenvalue weighted by Gasteiger charge is 2.28. The van der Waals surface area contributed by atoms with Crippen LogP contribution in [-0.2, 0) is 14.8 Å². The number of sulfonamides is 1. The summed E-state index contributed by atoms with van der Waals surface area (Å²) in [6, 6.07) is 25.1. The molecule has 0 unspecified atom stereocenters. The van der Waals surface area contributed by atoms with Gasteiger partial charge in [0, 0.05) is 10.0 Å². The second-order valence-electron chi connectivity index (χ2n) is 8.36. The van der Waals surface area contributed by atoms with Gasteiger partial charge in [-0.2, -0.15) is 0 Å². The number of carbonyl (C=O) groups is 1. The Morgan fingerprint density at radius 2 is 1.59 bits per heavy atom. The van der Waals surface area contributed by atoms with Crippen LogP contribution in [0.2, 0.25) is 10.0 Å². The molecule has 0 saturated heterocycles. The van der Waals surface area contributed by atoms with Crippen LogP contribution in [0.4, 0.5) is 11.4 Å². The smallest absolute Gasteiger partial charge is 0.264 e. The molecule has 4 rings (SSSR count). The van der Waals surface area contributed by atoms with Crippen LogP contribution in [0, 0.1) is 13.8 Å². The fraction of sp³-hybridized carbons (Fsp3) is 0.107. The molecule has 0 atom stereocenters. The summed E-state index contributed by atoms with van der Waals surface area (Å²) in [7, 11) is -4.10. The van der Waals surface area contributed by atoms with Crippen LogP contribution in [0.3, 0.4) is 0 Å². The Morgan fingerprint density at radius 3 is 2.27 bits per heavy atom. The van der Waals surface area contributed by atoms with Crippen LogP contribution in [0.1, 0.15) is 11.1 Å². The fourth-order valence-corrected chi connectivity index (χ4v) is 5.27. The third-order valence-electron chi connectivity index (χ3n) is 5.53. The molecule has 0 aliphatic heterocycles. The summed E-state index contributed by atoms with van der Waals surface area (Å²) in [5.41, 5.74) is 2.26. The summed E-state index contributed by atoms with van der Waals surface area (Å²) in [6.45, 7) is 3.17. The van der Waals surface area contributed by atoms with E-state index < -0.39 is 22.5 Å². The van der Waals surface area contributed by atoms with E-state index in [0.717, 1.165) is 15.4 Å². The van der Waals surface area contributed by atoms with Gasteiger partial charge in [-0.05, 0) is 74.0 Å². The highest BCUT2D eigenvalue weighted by atomic mass is 35.5. The zero-order chi connectivity index (χ0) is 26.6. The van der Waals surface area contributed by atoms with Crippen molar-refractivity contribution in [3.05, 3.63) is 112 Å². The third kappa shape index (κ3) is 6.43. The Hall–Kier alpha value is -3.52. The van der Waals surface area contributed by atoms with Crippen molar-refractivity contribution >= 4 is 50.5 Å². The molecule has 1 N–H and O–H groups in total. The maximum atomic E-state index is 13.6. The topological polar surface area (TPSA) is 75.7 Å². The number of nitrogens with zero attached hydrogens (tertiary/aromatic N) is 1. The fourth-order valence-electron chi connectivity index (χ4n) is 3.51. The summed E-state index contributed by atoms with van der Waals surface area (Å²) in [5, 5.41) is 3.51. The molecule has 0 spiro atoms. The van der Waals surface area contributed by atoms with Gasteiger partial charge in [-0.25, -0.2) is 8.42 Å². The van der Waals surface area contributed by atoms with E-state index in [4.69, 9.17) is 27.9 Å². The van der Waals surface area contributed by atoms with Crippen LogP contribution < -0.4 is 14.4 Å². The lowest BCUT2D eigenvalue weighted by molar-refractivity contribution is -0.114. The zero-order valence-electron chi connectivity index (χ0n) is 20.1. The molecule has 0 aliphatic carbocycles. The Labute approximate surface area is 226 Å². The Bertz CT molecular complexity index is 1530. The first-order valence-corrected chi connectivity index (χ1v) is 13.5. The first-order chi connectivity index (χ1) is 17.6. The quantitative estimate of drug-likeness (QED) is 0.249. The summed E-state index contributed by atoms with van der Waals surface area (Å²) in [6.07, 6.45) is 0. The molecular formula is C28H24Cl2N2O4S. The van der Waals surface area contributed by atoms with Crippen molar-refractivity contribution in [1.29, 1.82) is 0 Å². The minimum atomic E-state index is -4.10. The van der Waals surface area contributed by atoms with Crippen molar-refractivity contribution in [3.8, 4) is 11.5 Å². The molecule has 6 nitrogen and oxygen atoms in total. The molecule has 0 radical (unpaired) electrons. The SMILES string of the molecule is Cc1ccc(S(=O)(=O)N(CC(=O)Nc2cc(Cl)ccc2Oc2ccccc2)c2ccc(C)c(Cl)c2)cc1. The number of hydrogen-bond donors (Lipinski definition) is 1. The zero-order valence-corrected chi connectivity index (χ0v) is 22.4. The predicted molar refractivity (Wildman–Crippen MR) is 148 cm³/mol. The number of ether oxygens (including phenoxy) is 1. The van der Waals surface area contributed by atoms with Gasteiger partial charge >= 0.3 is 0 Å². The van der Waals surface area contributed by atoms with E-state index in [1.54, 1.807) is 54.6 Å². The molecule has 0 fully saturated rings. The standard InChI is InChI=1S/C28H24Cl2N2O4S/c1-19-8-13-24(14-9-19)37(34,35)32(22-12-10-20(2)25(30)17-22)18-28(33)31-26-16-21(29)11-15-27(26)36-23-6-4-3-5-7-23/h3-17H,18H2,1-2H3,(H,31,33). The van der Waals surface area contributed by atoms with Crippen LogP contribution in [-0.4, -0.2) is 20.9 Å². The summed E-state index contributed by atoms with van der Waals surface area (Å²) >= 11 is 12.5. The van der Waals surface area contributed by atoms with Gasteiger partial charge in [0.05, 0.1) is 16.3 Å². The number of halogens is 2. The van der Waals surface area contributed by atoms with Gasteiger partial charge in [-0.3, -0.25) is 9.10 Å². The van der Waals surface area contributed by atoms with Gasteiger partial charge in [0.25, 0.3) is 10.0 Å². The molecule has 0 bridgehead atoms. The molecule has 0 saturated carbocycles. The summed E-state index contributed by atoms with van der Waals surface area (Å²) < 4.78 is 34.2. The Kier molecular flexibility index (Phi) is 8.07. The molecule has 37 heavy (non-hydrogen) atoms. The molecule has 4 aromatic rings. The van der Waals surface area contributed by atoms with Crippen molar-refractivity contribution in [2.45, 2.75) is 18.7 Å². The molecule has 0 heterocycles. The number of para-hydroxylation sites is 1. The lowest BCUT2D eigenvalue weighted by Crippen LogP contribution is -2.38. The van der Waals surface area contributed by atoms with E-state index in [0.29, 0.717) is 27.2 Å². The van der Waals surface area contributed by atoms with Crippen molar-refractivity contribution in [2.24, 2.45) is 0 Å². The number of rotatable bonds is 8. The van der Waals surface area contributed by atoms with Gasteiger partial charge in [0.15, 0.2) is 5.75 Å². The highest BCUT2D eigenvalue weighted by molar-refractivity contribution is 7.92. The van der Waals surface area contributed by atoms with Crippen molar-refractivity contribution in [3.63, 3.8) is 0 Å². The van der Waals surface area contributed by atoms with E-state index >= 15 is 0 Å². The molecule has 0 aliphatic rings. The number of nitrogens with one attached hydrogen (secondary N) is 1. The number of benzene rings is 4. The molecule has 1 amide bonds. The second kappa shape index (κ2) is 11.3. The van der Waals surface area contributed by atoms with E-state index in [2.05, 4.69) is 5.32 Å². The first kappa shape index (κ1) is 26.5. The largest absolute Gasteiger partial charge is 0.455 e. The van der Waals surface area contributed by atoms with Crippen molar-refractivity contribution in [2.75, 3.05) is 16.2 Å². The maximum absolute atomic E-state index is 13.6. The van der Waals surface area contributed by atoms with Gasteiger partial charge < -0.3 is 10.1 Å². The van der Waals surface area contributed by atoms with E-state index in [1.807, 2.05) is 32.0 Å². The average Bonchev–Trinajstić information content (AvgIpc) is 2.87. The minimum absolute atomic E-state index is 0.0541. The van der Waals surface area contributed by atoms with Gasteiger partial charge in [-0.15, -0.1) is 0 Å². The normalized spacial score (nSPS) is 11.1. The van der Waals surface area contributed by atoms with Gasteiger partial charge in [0.1, 0.15) is 12.3 Å². The predicted octanol–water partition coefficient (Wildman–Crippen LogP) is 7.24. The van der Waals surface area contributed by atoms with Crippen LogP contribution in [0.25, 0.3) is 0 Å². The Balaban J connectivity index is 1.66. The van der Waals surface area contributed by atoms with E-state index in [-0.39, 0.29) is 10.6 Å². The van der Waals surface area contributed by atoms with Gasteiger partial charge in [0.2, 0.25) is 5.91 Å². The van der Waals surface area contributed by atoms with Gasteiger partial charge in [-0.1, -0.05) is 65.2 Å². The van der Waals surface area contributed by atoms with Crippen molar-refractivity contribution in [1.82, 2.24) is 0 Å². The number of hydrogen-bond acceptors (Lipinski definition) is 4. The van der Waals surface area contributed by atoms with Crippen molar-refractivity contribution < 1.29 is 17.9 Å². The first-order valence-electron chi connectivity index (χ1n) is 11.3. The minimum Gasteiger partial charge on any atom is -0.455 e. The second-order valence-corrected chi connectivity index (χ2v) is 11.1. The molecule has 9 heteroatoms. The highest BCUT2D eigenvalue weighted by Crippen LogP contribution is 2.33. The maximum Gasteiger partial charge on any atom is 0.264 e. The monoisotopic (exact) mass is 554 g/mol. The number of carbonyl (C=O) groups excluding carboxylic acids is 1. The molecular weight excluding hydrogens is 531 g/mol. The van der Waals surface area contributed by atoms with Crippen LogP contribution >= 0.6 is 23.2 Å². The van der Waals surface area contributed by atoms with E-state index in [1.165, 1.54) is 18.2 Å². The molecule has 190 valence electrons. The van der Waals surface area contributed by atoms with Crippen LogP contribution in [0.5, 0.6) is 11.5 Å². The lowest BCUT2D eigenvalue weighted by atomic mass is 10.2. The Morgan fingerprint density at radius 1 is 0.892 bits per heavy atom. The molecule has 4 aromatic carbocycles. The molecule has 0 aromatic heterocycles.